The largest absolute Gasteiger partial charge is 0.494 e. The summed E-state index contributed by atoms with van der Waals surface area (Å²) >= 11 is 0. The molecule has 0 saturated heterocycles. The molecule has 2 aromatic carbocycles. The maximum atomic E-state index is 12.1. The van der Waals surface area contributed by atoms with E-state index in [1.54, 1.807) is 13.8 Å². The van der Waals surface area contributed by atoms with Gasteiger partial charge in [-0.3, -0.25) is 0 Å². The zero-order valence-electron chi connectivity index (χ0n) is 27.4. The monoisotopic (exact) mass is 578 g/mol. The van der Waals surface area contributed by atoms with Gasteiger partial charge in [-0.2, -0.15) is 0 Å². The number of benzene rings is 2. The summed E-state index contributed by atoms with van der Waals surface area (Å²) < 4.78 is 17.8. The number of aryl methyl sites for hydroxylation is 2. The Kier molecular flexibility index (Phi) is 23.0. The van der Waals surface area contributed by atoms with Gasteiger partial charge < -0.3 is 14.3 Å². The third-order valence-corrected chi connectivity index (χ3v) is 6.31. The summed E-state index contributed by atoms with van der Waals surface area (Å²) in [6, 6.07) is 16.7. The zero-order chi connectivity index (χ0) is 32.6. The van der Waals surface area contributed by atoms with Crippen molar-refractivity contribution in [2.75, 3.05) is 6.61 Å². The summed E-state index contributed by atoms with van der Waals surface area (Å²) in [5.41, 5.74) is 9.62. The Balaban J connectivity index is -0.000000688. The summed E-state index contributed by atoms with van der Waals surface area (Å²) in [7, 11) is 0. The van der Waals surface area contributed by atoms with Gasteiger partial charge in [0, 0.05) is 19.3 Å². The highest BCUT2D eigenvalue weighted by Crippen LogP contribution is 2.30. The average Bonchev–Trinajstić information content (AvgIpc) is 2.99. The molecule has 2 aromatic rings. The molecule has 0 N–H and O–H groups in total. The Hall–Kier alpha value is -3.75. The predicted molar refractivity (Wildman–Crippen MR) is 181 cm³/mol. The molecular formula is C38H55FO3. The number of alkyl halides is 1. The van der Waals surface area contributed by atoms with Crippen molar-refractivity contribution in [1.82, 2.24) is 0 Å². The number of aldehydes is 1. The molecule has 3 rings (SSSR count). The minimum atomic E-state index is -0.958. The molecule has 0 bridgehead atoms. The van der Waals surface area contributed by atoms with Crippen LogP contribution in [-0.4, -0.2) is 25.4 Å². The summed E-state index contributed by atoms with van der Waals surface area (Å²) in [5, 5.41) is 0. The Bertz CT molecular complexity index is 1170. The first-order valence-electron chi connectivity index (χ1n) is 14.6. The molecule has 4 heteroatoms. The lowest BCUT2D eigenvalue weighted by atomic mass is 9.85. The van der Waals surface area contributed by atoms with Crippen molar-refractivity contribution < 1.29 is 20.1 Å². The van der Waals surface area contributed by atoms with Crippen LogP contribution < -0.4 is 4.74 Å². The van der Waals surface area contributed by atoms with Crippen molar-refractivity contribution in [3.63, 3.8) is 0 Å². The smallest absolute Gasteiger partial charge is 0.122 e. The van der Waals surface area contributed by atoms with Crippen LogP contribution in [0, 0.1) is 19.8 Å². The van der Waals surface area contributed by atoms with Gasteiger partial charge in [0.15, 0.2) is 0 Å². The molecule has 0 aliphatic heterocycles. The minimum absolute atomic E-state index is 0. The van der Waals surface area contributed by atoms with Crippen molar-refractivity contribution in [1.29, 1.82) is 0 Å². The van der Waals surface area contributed by atoms with Gasteiger partial charge in [0.1, 0.15) is 24.5 Å². The molecular weight excluding hydrogens is 523 g/mol. The van der Waals surface area contributed by atoms with E-state index in [0.717, 1.165) is 30.5 Å². The number of carbonyl (C=O) groups excluding carboxylic acids is 2. The second-order valence-corrected chi connectivity index (χ2v) is 10.1. The number of hydrogen-bond donors (Lipinski definition) is 0. The zero-order valence-corrected chi connectivity index (χ0v) is 27.4. The van der Waals surface area contributed by atoms with Gasteiger partial charge in [0.2, 0.25) is 0 Å². The molecule has 0 aromatic heterocycles. The molecule has 0 fully saturated rings. The third-order valence-electron chi connectivity index (χ3n) is 6.31. The minimum Gasteiger partial charge on any atom is -0.494 e. The normalized spacial score (nSPS) is 14.0. The van der Waals surface area contributed by atoms with Gasteiger partial charge in [0.25, 0.3) is 0 Å². The van der Waals surface area contributed by atoms with Gasteiger partial charge in [-0.05, 0) is 89.6 Å². The predicted octanol–water partition coefficient (Wildman–Crippen LogP) is 10.5. The van der Waals surface area contributed by atoms with E-state index in [1.165, 1.54) is 34.8 Å². The summed E-state index contributed by atoms with van der Waals surface area (Å²) in [6.07, 6.45) is 12.3. The van der Waals surface area contributed by atoms with E-state index >= 15 is 0 Å². The van der Waals surface area contributed by atoms with Crippen LogP contribution in [0.3, 0.4) is 0 Å². The van der Waals surface area contributed by atoms with Crippen LogP contribution in [0.1, 0.15) is 79.4 Å². The number of carbonyl (C=O) groups is 2. The Morgan fingerprint density at radius 3 is 2.05 bits per heavy atom. The first kappa shape index (κ1) is 40.4. The molecule has 232 valence electrons. The van der Waals surface area contributed by atoms with E-state index < -0.39 is 5.67 Å². The van der Waals surface area contributed by atoms with Crippen LogP contribution in [0.25, 0.3) is 0 Å². The Morgan fingerprint density at radius 2 is 1.64 bits per heavy atom. The van der Waals surface area contributed by atoms with Gasteiger partial charge in [0.05, 0.1) is 6.61 Å². The quantitative estimate of drug-likeness (QED) is 0.242. The summed E-state index contributed by atoms with van der Waals surface area (Å²) in [5.74, 6) is 1.49. The van der Waals surface area contributed by atoms with Crippen LogP contribution in [0.15, 0.2) is 102 Å². The lowest BCUT2D eigenvalue weighted by Gasteiger charge is -2.19. The van der Waals surface area contributed by atoms with Gasteiger partial charge in [-0.15, -0.1) is 5.73 Å². The number of hydrogen-bond acceptors (Lipinski definition) is 3. The van der Waals surface area contributed by atoms with Crippen LogP contribution in [-0.2, 0) is 16.0 Å². The highest BCUT2D eigenvalue weighted by atomic mass is 19.1. The molecule has 42 heavy (non-hydrogen) atoms. The number of allylic oxidation sites excluding steroid dienone is 7. The van der Waals surface area contributed by atoms with Crippen LogP contribution >= 0.6 is 0 Å². The van der Waals surface area contributed by atoms with Gasteiger partial charge in [-0.1, -0.05) is 92.8 Å². The molecule has 0 heterocycles. The third kappa shape index (κ3) is 17.8. The maximum absolute atomic E-state index is 12.1. The van der Waals surface area contributed by atoms with E-state index in [0.29, 0.717) is 18.9 Å². The SMILES string of the molecule is C=C=C(Cc1ccc(C)c(OCC)c1)C1=C/C(=C/C)C(CC)C=C1.C=O.CC=O.CCC(C)(C)F.Cc1ccccc1.[HH]. The van der Waals surface area contributed by atoms with Gasteiger partial charge in [-0.25, -0.2) is 4.39 Å². The Labute approximate surface area is 257 Å². The van der Waals surface area contributed by atoms with Crippen LogP contribution in [0.5, 0.6) is 5.75 Å². The lowest BCUT2D eigenvalue weighted by Crippen LogP contribution is -2.07. The molecule has 0 saturated carbocycles. The number of ether oxygens (including phenoxy) is 1. The van der Waals surface area contributed by atoms with E-state index in [4.69, 9.17) is 14.3 Å². The second-order valence-electron chi connectivity index (χ2n) is 10.1. The van der Waals surface area contributed by atoms with Crippen molar-refractivity contribution in [2.24, 2.45) is 5.92 Å². The molecule has 0 radical (unpaired) electrons. The number of halogens is 1. The highest BCUT2D eigenvalue weighted by Gasteiger charge is 2.14. The van der Waals surface area contributed by atoms with Crippen LogP contribution in [0.2, 0.25) is 0 Å². The summed E-state index contributed by atoms with van der Waals surface area (Å²) in [4.78, 5) is 16.8. The Morgan fingerprint density at radius 1 is 1.07 bits per heavy atom. The van der Waals surface area contributed by atoms with Crippen molar-refractivity contribution >= 4 is 13.1 Å². The summed E-state index contributed by atoms with van der Waals surface area (Å²) in [6.45, 7) is 23.5. The molecule has 3 nitrogen and oxygen atoms in total. The molecule has 0 amide bonds. The fourth-order valence-corrected chi connectivity index (χ4v) is 3.59. The van der Waals surface area contributed by atoms with Crippen LogP contribution in [0.4, 0.5) is 4.39 Å². The molecule has 1 aliphatic rings. The fourth-order valence-electron chi connectivity index (χ4n) is 3.59. The van der Waals surface area contributed by atoms with E-state index in [9.17, 15) is 4.39 Å². The topological polar surface area (TPSA) is 43.4 Å². The standard InChI is InChI=1S/C23H28O.C7H8.C5H11F.C2H4O.CH2O.H2/c1-6-19-12-13-22(16-21(19)8-3)20(7-2)14-18-11-10-17(5)23(15-18)24-9-4;1-7-5-3-2-4-6-7;1-4-5(2,3)6;1-2-3;1-2;/h8,10-13,15-16,19H,2,6,9,14H2,1,3-5H3;2-6H,1H3;4H2,1-3H3;2H,1H3;1H2;1H/b21-8-;;;;;. The van der Waals surface area contributed by atoms with E-state index in [-0.39, 0.29) is 1.43 Å². The van der Waals surface area contributed by atoms with Crippen molar-refractivity contribution in [3.8, 4) is 5.75 Å². The maximum Gasteiger partial charge on any atom is 0.122 e. The molecule has 0 spiro atoms. The van der Waals surface area contributed by atoms with E-state index in [2.05, 4.69) is 94.6 Å². The van der Waals surface area contributed by atoms with Gasteiger partial charge >= 0.3 is 0 Å². The first-order valence-corrected chi connectivity index (χ1v) is 14.6. The lowest BCUT2D eigenvalue weighted by molar-refractivity contribution is -0.106. The average molecular weight is 579 g/mol. The molecule has 1 atom stereocenters. The number of rotatable bonds is 7. The fraction of sp³-hybridized carbons (Fsp3) is 0.395. The molecule has 1 unspecified atom stereocenters. The first-order chi connectivity index (χ1) is 20.0. The highest BCUT2D eigenvalue weighted by molar-refractivity contribution is 5.51. The van der Waals surface area contributed by atoms with Crippen molar-refractivity contribution in [3.05, 3.63) is 119 Å². The second kappa shape index (κ2) is 23.9. The van der Waals surface area contributed by atoms with Crippen molar-refractivity contribution in [2.45, 2.75) is 87.2 Å². The van der Waals surface area contributed by atoms with E-state index in [1.807, 2.05) is 38.8 Å². The molecule has 1 aliphatic carbocycles.